The van der Waals surface area contributed by atoms with Crippen LogP contribution in [0.4, 0.5) is 5.82 Å². The van der Waals surface area contributed by atoms with Crippen molar-refractivity contribution in [3.8, 4) is 5.75 Å². The van der Waals surface area contributed by atoms with Crippen LogP contribution in [0.1, 0.15) is 18.4 Å². The lowest BCUT2D eigenvalue weighted by molar-refractivity contribution is 0.0543. The lowest BCUT2D eigenvalue weighted by Gasteiger charge is -2.38. The summed E-state index contributed by atoms with van der Waals surface area (Å²) in [5, 5.41) is 3.91. The van der Waals surface area contributed by atoms with Crippen LogP contribution in [0.25, 0.3) is 0 Å². The van der Waals surface area contributed by atoms with Crippen molar-refractivity contribution in [2.24, 2.45) is 0 Å². The Hall–Kier alpha value is -1.85. The first-order valence-electron chi connectivity index (χ1n) is 7.65. The quantitative estimate of drug-likeness (QED) is 0.909. The zero-order valence-corrected chi connectivity index (χ0v) is 13.8. The van der Waals surface area contributed by atoms with Gasteiger partial charge in [-0.15, -0.1) is 0 Å². The molecule has 0 unspecified atom stereocenters. The number of hydrogen-bond acceptors (Lipinski definition) is 5. The van der Waals surface area contributed by atoms with Crippen LogP contribution in [0.15, 0.2) is 36.8 Å². The van der Waals surface area contributed by atoms with E-state index >= 15 is 0 Å². The van der Waals surface area contributed by atoms with E-state index in [1.165, 1.54) is 11.9 Å². The SMILES string of the molecule is COc1ccc(C2(CNc3ncncc3Cl)CCOCC2)cc1. The fourth-order valence-electron chi connectivity index (χ4n) is 2.97. The smallest absolute Gasteiger partial charge is 0.148 e. The summed E-state index contributed by atoms with van der Waals surface area (Å²) in [7, 11) is 1.68. The molecule has 2 aromatic rings. The fourth-order valence-corrected chi connectivity index (χ4v) is 3.14. The van der Waals surface area contributed by atoms with Crippen LogP contribution in [-0.4, -0.2) is 36.8 Å². The van der Waals surface area contributed by atoms with Crippen molar-refractivity contribution in [3.63, 3.8) is 0 Å². The number of aromatic nitrogens is 2. The molecule has 1 aliphatic rings. The van der Waals surface area contributed by atoms with Crippen molar-refractivity contribution in [3.05, 3.63) is 47.4 Å². The molecule has 0 aliphatic carbocycles. The van der Waals surface area contributed by atoms with Crippen molar-refractivity contribution >= 4 is 17.4 Å². The molecule has 0 amide bonds. The highest BCUT2D eigenvalue weighted by Gasteiger charge is 2.34. The fraction of sp³-hybridized carbons (Fsp3) is 0.412. The molecule has 0 radical (unpaired) electrons. The summed E-state index contributed by atoms with van der Waals surface area (Å²) in [6.45, 7) is 2.26. The molecule has 6 heteroatoms. The number of benzene rings is 1. The monoisotopic (exact) mass is 333 g/mol. The molecule has 1 N–H and O–H groups in total. The third-order valence-electron chi connectivity index (χ3n) is 4.41. The number of halogens is 1. The minimum absolute atomic E-state index is 0.00119. The van der Waals surface area contributed by atoms with Crippen LogP contribution in [0.5, 0.6) is 5.75 Å². The van der Waals surface area contributed by atoms with Gasteiger partial charge in [-0.3, -0.25) is 0 Å². The van der Waals surface area contributed by atoms with Gasteiger partial charge in [-0.2, -0.15) is 0 Å². The van der Waals surface area contributed by atoms with Crippen LogP contribution < -0.4 is 10.1 Å². The van der Waals surface area contributed by atoms with E-state index in [0.29, 0.717) is 10.8 Å². The summed E-state index contributed by atoms with van der Waals surface area (Å²) in [5.74, 6) is 1.53. The first kappa shape index (κ1) is 16.0. The van der Waals surface area contributed by atoms with Gasteiger partial charge in [0.15, 0.2) is 0 Å². The summed E-state index contributed by atoms with van der Waals surface area (Å²) in [4.78, 5) is 8.13. The predicted molar refractivity (Wildman–Crippen MR) is 90.3 cm³/mol. The van der Waals surface area contributed by atoms with Gasteiger partial charge in [0.2, 0.25) is 0 Å². The van der Waals surface area contributed by atoms with Gasteiger partial charge >= 0.3 is 0 Å². The van der Waals surface area contributed by atoms with Gasteiger partial charge in [0.1, 0.15) is 22.9 Å². The standard InChI is InChI=1S/C17H20ClN3O2/c1-22-14-4-2-13(3-5-14)17(6-8-23-9-7-17)11-20-16-15(18)10-19-12-21-16/h2-5,10,12H,6-9,11H2,1H3,(H,19,20,21). The average Bonchev–Trinajstić information content (AvgIpc) is 2.62. The average molecular weight is 334 g/mol. The molecular weight excluding hydrogens is 314 g/mol. The Morgan fingerprint density at radius 1 is 1.26 bits per heavy atom. The highest BCUT2D eigenvalue weighted by Crippen LogP contribution is 2.36. The molecule has 3 rings (SSSR count). The minimum Gasteiger partial charge on any atom is -0.497 e. The second-order valence-corrected chi connectivity index (χ2v) is 6.10. The largest absolute Gasteiger partial charge is 0.497 e. The predicted octanol–water partition coefficient (Wildman–Crippen LogP) is 3.30. The van der Waals surface area contributed by atoms with Gasteiger partial charge in [0.05, 0.1) is 13.3 Å². The number of methoxy groups -OCH3 is 1. The van der Waals surface area contributed by atoms with Gasteiger partial charge < -0.3 is 14.8 Å². The highest BCUT2D eigenvalue weighted by atomic mass is 35.5. The number of nitrogens with one attached hydrogen (secondary N) is 1. The Bertz CT molecular complexity index is 643. The number of ether oxygens (including phenoxy) is 2. The molecule has 0 bridgehead atoms. The Morgan fingerprint density at radius 2 is 2.00 bits per heavy atom. The maximum atomic E-state index is 6.14. The van der Waals surface area contributed by atoms with Crippen molar-refractivity contribution in [2.45, 2.75) is 18.3 Å². The summed E-state index contributed by atoms with van der Waals surface area (Å²) in [5.41, 5.74) is 1.28. The van der Waals surface area contributed by atoms with Gasteiger partial charge in [-0.1, -0.05) is 23.7 Å². The minimum atomic E-state index is -0.00119. The molecule has 5 nitrogen and oxygen atoms in total. The van der Waals surface area contributed by atoms with E-state index in [9.17, 15) is 0 Å². The van der Waals surface area contributed by atoms with E-state index in [1.807, 2.05) is 12.1 Å². The highest BCUT2D eigenvalue weighted by molar-refractivity contribution is 6.32. The maximum absolute atomic E-state index is 6.14. The van der Waals surface area contributed by atoms with E-state index in [-0.39, 0.29) is 5.41 Å². The Morgan fingerprint density at radius 3 is 2.65 bits per heavy atom. The van der Waals surface area contributed by atoms with Crippen LogP contribution in [0, 0.1) is 0 Å². The zero-order chi connectivity index (χ0) is 16.1. The number of anilines is 1. The van der Waals surface area contributed by atoms with Gasteiger partial charge in [0.25, 0.3) is 0 Å². The molecule has 2 heterocycles. The van der Waals surface area contributed by atoms with Crippen molar-refractivity contribution in [1.29, 1.82) is 0 Å². The van der Waals surface area contributed by atoms with E-state index in [1.54, 1.807) is 13.3 Å². The molecule has 1 aromatic carbocycles. The molecule has 0 saturated carbocycles. The molecule has 1 saturated heterocycles. The zero-order valence-electron chi connectivity index (χ0n) is 13.1. The number of rotatable bonds is 5. The first-order chi connectivity index (χ1) is 11.2. The van der Waals surface area contributed by atoms with Crippen molar-refractivity contribution in [1.82, 2.24) is 9.97 Å². The van der Waals surface area contributed by atoms with E-state index in [0.717, 1.165) is 38.3 Å². The van der Waals surface area contributed by atoms with Crippen molar-refractivity contribution < 1.29 is 9.47 Å². The van der Waals surface area contributed by atoms with Crippen LogP contribution in [0.3, 0.4) is 0 Å². The molecule has 0 atom stereocenters. The second-order valence-electron chi connectivity index (χ2n) is 5.69. The topological polar surface area (TPSA) is 56.3 Å². The molecule has 122 valence electrons. The molecule has 0 spiro atoms. The Labute approximate surface area is 141 Å². The summed E-state index contributed by atoms with van der Waals surface area (Å²) < 4.78 is 10.8. The van der Waals surface area contributed by atoms with E-state index < -0.39 is 0 Å². The first-order valence-corrected chi connectivity index (χ1v) is 8.03. The lowest BCUT2D eigenvalue weighted by Crippen LogP contribution is -2.40. The van der Waals surface area contributed by atoms with Gasteiger partial charge in [0, 0.05) is 25.2 Å². The van der Waals surface area contributed by atoms with Crippen molar-refractivity contribution in [2.75, 3.05) is 32.2 Å². The molecule has 23 heavy (non-hydrogen) atoms. The summed E-state index contributed by atoms with van der Waals surface area (Å²) in [6, 6.07) is 8.27. The van der Waals surface area contributed by atoms with Gasteiger partial charge in [-0.05, 0) is 30.5 Å². The third-order valence-corrected chi connectivity index (χ3v) is 4.69. The molecule has 1 aliphatic heterocycles. The molecule has 1 aromatic heterocycles. The Balaban J connectivity index is 1.82. The number of hydrogen-bond donors (Lipinski definition) is 1. The molecule has 1 fully saturated rings. The summed E-state index contributed by atoms with van der Waals surface area (Å²) >= 11 is 6.14. The third kappa shape index (κ3) is 3.57. The maximum Gasteiger partial charge on any atom is 0.148 e. The van der Waals surface area contributed by atoms with Gasteiger partial charge in [-0.25, -0.2) is 9.97 Å². The second kappa shape index (κ2) is 7.15. The van der Waals surface area contributed by atoms with E-state index in [2.05, 4.69) is 27.4 Å². The summed E-state index contributed by atoms with van der Waals surface area (Å²) in [6.07, 6.45) is 5.00. The number of nitrogens with zero attached hydrogens (tertiary/aromatic N) is 2. The van der Waals surface area contributed by atoms with Crippen LogP contribution in [0.2, 0.25) is 5.02 Å². The van der Waals surface area contributed by atoms with Crippen LogP contribution >= 0.6 is 11.6 Å². The lowest BCUT2D eigenvalue weighted by atomic mass is 9.74. The molecular formula is C17H20ClN3O2. The normalized spacial score (nSPS) is 16.8. The van der Waals surface area contributed by atoms with Crippen LogP contribution in [-0.2, 0) is 10.2 Å². The van der Waals surface area contributed by atoms with E-state index in [4.69, 9.17) is 21.1 Å². The Kier molecular flexibility index (Phi) is 4.98.